The fourth-order valence-electron chi connectivity index (χ4n) is 2.08. The Bertz CT molecular complexity index is 657. The molecule has 0 aliphatic heterocycles. The van der Waals surface area contributed by atoms with Crippen LogP contribution >= 0.6 is 11.3 Å². The van der Waals surface area contributed by atoms with Crippen molar-refractivity contribution in [1.82, 2.24) is 10.5 Å². The fraction of sp³-hybridized carbons (Fsp3) is 0.267. The highest BCUT2D eigenvalue weighted by atomic mass is 32.1. The molecule has 0 amide bonds. The van der Waals surface area contributed by atoms with Crippen molar-refractivity contribution >= 4 is 21.4 Å². The van der Waals surface area contributed by atoms with Gasteiger partial charge in [0.25, 0.3) is 0 Å². The minimum Gasteiger partial charge on any atom is -0.383 e. The normalized spacial score (nSPS) is 11.2. The van der Waals surface area contributed by atoms with E-state index in [1.54, 1.807) is 24.6 Å². The monoisotopic (exact) mass is 288 g/mol. The van der Waals surface area contributed by atoms with Gasteiger partial charge in [0.15, 0.2) is 5.76 Å². The first kappa shape index (κ1) is 13.3. The van der Waals surface area contributed by atoms with E-state index in [4.69, 9.17) is 9.26 Å². The van der Waals surface area contributed by atoms with E-state index < -0.39 is 0 Å². The number of hydrogen-bond acceptors (Lipinski definition) is 5. The van der Waals surface area contributed by atoms with Crippen molar-refractivity contribution < 1.29 is 9.26 Å². The topological polar surface area (TPSA) is 47.3 Å². The molecule has 3 aromatic rings. The Morgan fingerprint density at radius 1 is 1.35 bits per heavy atom. The van der Waals surface area contributed by atoms with Gasteiger partial charge < -0.3 is 14.6 Å². The van der Waals surface area contributed by atoms with Crippen LogP contribution in [0.5, 0.6) is 0 Å². The molecule has 0 radical (unpaired) electrons. The molecule has 2 aromatic heterocycles. The van der Waals surface area contributed by atoms with Gasteiger partial charge in [0.1, 0.15) is 0 Å². The Morgan fingerprint density at radius 3 is 3.10 bits per heavy atom. The summed E-state index contributed by atoms with van der Waals surface area (Å²) in [4.78, 5) is 1.12. The lowest BCUT2D eigenvalue weighted by Crippen LogP contribution is -2.18. The molecule has 4 nitrogen and oxygen atoms in total. The lowest BCUT2D eigenvalue weighted by Gasteiger charge is -2.02. The molecular formula is C15H16N2O2S. The van der Waals surface area contributed by atoms with Crippen LogP contribution in [0.2, 0.25) is 0 Å². The summed E-state index contributed by atoms with van der Waals surface area (Å²) >= 11 is 1.73. The average Bonchev–Trinajstić information content (AvgIpc) is 3.09. The SMILES string of the molecule is COCCNCc1cnoc1-c1cc2ccccc2s1. The van der Waals surface area contributed by atoms with E-state index in [0.717, 1.165) is 29.3 Å². The zero-order valence-electron chi connectivity index (χ0n) is 11.3. The van der Waals surface area contributed by atoms with Gasteiger partial charge in [0.2, 0.25) is 0 Å². The van der Waals surface area contributed by atoms with Crippen molar-refractivity contribution in [3.05, 3.63) is 42.1 Å². The second-order valence-electron chi connectivity index (χ2n) is 4.50. The fourth-order valence-corrected chi connectivity index (χ4v) is 3.16. The Labute approximate surface area is 121 Å². The van der Waals surface area contributed by atoms with Gasteiger partial charge in [-0.1, -0.05) is 23.4 Å². The van der Waals surface area contributed by atoms with E-state index in [-0.39, 0.29) is 0 Å². The minimum absolute atomic E-state index is 0.698. The van der Waals surface area contributed by atoms with Crippen LogP contribution in [-0.2, 0) is 11.3 Å². The van der Waals surface area contributed by atoms with Crippen molar-refractivity contribution in [2.75, 3.05) is 20.3 Å². The van der Waals surface area contributed by atoms with E-state index in [1.807, 2.05) is 6.07 Å². The summed E-state index contributed by atoms with van der Waals surface area (Å²) < 4.78 is 11.7. The largest absolute Gasteiger partial charge is 0.383 e. The lowest BCUT2D eigenvalue weighted by atomic mass is 10.2. The molecule has 0 aliphatic rings. The second-order valence-corrected chi connectivity index (χ2v) is 5.58. The first-order chi connectivity index (χ1) is 9.88. The third-order valence-corrected chi connectivity index (χ3v) is 4.21. The Morgan fingerprint density at radius 2 is 2.25 bits per heavy atom. The van der Waals surface area contributed by atoms with Crippen LogP contribution in [0.1, 0.15) is 5.56 Å². The first-order valence-electron chi connectivity index (χ1n) is 6.50. The van der Waals surface area contributed by atoms with Crippen LogP contribution in [-0.4, -0.2) is 25.4 Å². The molecule has 0 bridgehead atoms. The van der Waals surface area contributed by atoms with Crippen LogP contribution in [0.15, 0.2) is 41.1 Å². The maximum atomic E-state index is 5.43. The zero-order chi connectivity index (χ0) is 13.8. The number of thiophene rings is 1. The number of benzene rings is 1. The second kappa shape index (κ2) is 6.17. The number of methoxy groups -OCH3 is 1. The van der Waals surface area contributed by atoms with Crippen LogP contribution in [0.3, 0.4) is 0 Å². The summed E-state index contributed by atoms with van der Waals surface area (Å²) in [7, 11) is 1.70. The third kappa shape index (κ3) is 2.75. The molecule has 0 spiro atoms. The molecule has 0 fully saturated rings. The third-order valence-electron chi connectivity index (χ3n) is 3.09. The Hall–Kier alpha value is -1.69. The van der Waals surface area contributed by atoms with Gasteiger partial charge in [-0.2, -0.15) is 0 Å². The molecule has 20 heavy (non-hydrogen) atoms. The van der Waals surface area contributed by atoms with Gasteiger partial charge in [-0.05, 0) is 17.5 Å². The van der Waals surface area contributed by atoms with Crippen molar-refractivity contribution in [2.24, 2.45) is 0 Å². The first-order valence-corrected chi connectivity index (χ1v) is 7.32. The smallest absolute Gasteiger partial charge is 0.181 e. The minimum atomic E-state index is 0.698. The standard InChI is InChI=1S/C15H16N2O2S/c1-18-7-6-16-9-12-10-17-19-15(12)14-8-11-4-2-3-5-13(11)20-14/h2-5,8,10,16H,6-7,9H2,1H3. The van der Waals surface area contributed by atoms with Crippen molar-refractivity contribution in [3.63, 3.8) is 0 Å². The van der Waals surface area contributed by atoms with Crippen molar-refractivity contribution in [2.45, 2.75) is 6.54 Å². The van der Waals surface area contributed by atoms with E-state index in [0.29, 0.717) is 6.61 Å². The molecule has 0 saturated heterocycles. The van der Waals surface area contributed by atoms with E-state index in [1.165, 1.54) is 10.1 Å². The van der Waals surface area contributed by atoms with Gasteiger partial charge in [-0.25, -0.2) is 0 Å². The highest BCUT2D eigenvalue weighted by Gasteiger charge is 2.13. The number of nitrogens with one attached hydrogen (secondary N) is 1. The van der Waals surface area contributed by atoms with Crippen LogP contribution in [0.25, 0.3) is 20.7 Å². The molecule has 0 unspecified atom stereocenters. The highest BCUT2D eigenvalue weighted by Crippen LogP contribution is 2.34. The van der Waals surface area contributed by atoms with E-state index >= 15 is 0 Å². The quantitative estimate of drug-likeness (QED) is 0.707. The van der Waals surface area contributed by atoms with Crippen LogP contribution in [0, 0.1) is 0 Å². The molecule has 0 aliphatic carbocycles. The molecule has 1 aromatic carbocycles. The van der Waals surface area contributed by atoms with Gasteiger partial charge in [0.05, 0.1) is 17.7 Å². The lowest BCUT2D eigenvalue weighted by molar-refractivity contribution is 0.199. The predicted octanol–water partition coefficient (Wildman–Crippen LogP) is 3.29. The molecule has 104 valence electrons. The van der Waals surface area contributed by atoms with Gasteiger partial charge in [0, 0.05) is 30.5 Å². The molecule has 2 heterocycles. The van der Waals surface area contributed by atoms with E-state index in [2.05, 4.69) is 34.7 Å². The average molecular weight is 288 g/mol. The van der Waals surface area contributed by atoms with Crippen LogP contribution < -0.4 is 5.32 Å². The Kier molecular flexibility index (Phi) is 4.11. The summed E-state index contributed by atoms with van der Waals surface area (Å²) in [6, 6.07) is 10.5. The van der Waals surface area contributed by atoms with Crippen LogP contribution in [0.4, 0.5) is 0 Å². The summed E-state index contributed by atoms with van der Waals surface area (Å²) in [6.07, 6.45) is 1.78. The number of ether oxygens (including phenoxy) is 1. The molecule has 0 saturated carbocycles. The summed E-state index contributed by atoms with van der Waals surface area (Å²) in [5, 5.41) is 8.48. The van der Waals surface area contributed by atoms with Gasteiger partial charge in [-0.15, -0.1) is 11.3 Å². The molecule has 5 heteroatoms. The van der Waals surface area contributed by atoms with Crippen molar-refractivity contribution in [3.8, 4) is 10.6 Å². The molecular weight excluding hydrogens is 272 g/mol. The molecule has 1 N–H and O–H groups in total. The van der Waals surface area contributed by atoms with E-state index in [9.17, 15) is 0 Å². The summed E-state index contributed by atoms with van der Waals surface area (Å²) in [6.45, 7) is 2.24. The Balaban J connectivity index is 1.81. The van der Waals surface area contributed by atoms with Gasteiger partial charge >= 0.3 is 0 Å². The number of hydrogen-bond donors (Lipinski definition) is 1. The predicted molar refractivity (Wildman–Crippen MR) is 80.9 cm³/mol. The number of nitrogens with zero attached hydrogens (tertiary/aromatic N) is 1. The number of rotatable bonds is 6. The summed E-state index contributed by atoms with van der Waals surface area (Å²) in [5.41, 5.74) is 1.08. The highest BCUT2D eigenvalue weighted by molar-refractivity contribution is 7.22. The molecule has 0 atom stereocenters. The van der Waals surface area contributed by atoms with Crippen molar-refractivity contribution in [1.29, 1.82) is 0 Å². The van der Waals surface area contributed by atoms with Gasteiger partial charge in [-0.3, -0.25) is 0 Å². The molecule has 3 rings (SSSR count). The summed E-state index contributed by atoms with van der Waals surface area (Å²) in [5.74, 6) is 0.858. The maximum absolute atomic E-state index is 5.43. The zero-order valence-corrected chi connectivity index (χ0v) is 12.1. The maximum Gasteiger partial charge on any atom is 0.181 e. The number of fused-ring (bicyclic) bond motifs is 1. The number of aromatic nitrogens is 1.